The normalized spacial score (nSPS) is 17.2. The first-order chi connectivity index (χ1) is 9.19. The van der Waals surface area contributed by atoms with Crippen LogP contribution in [-0.2, 0) is 0 Å². The molecule has 1 aromatic rings. The van der Waals surface area contributed by atoms with Crippen LogP contribution in [0.5, 0.6) is 5.75 Å². The van der Waals surface area contributed by atoms with E-state index in [2.05, 4.69) is 17.3 Å². The lowest BCUT2D eigenvalue weighted by Crippen LogP contribution is -2.36. The van der Waals surface area contributed by atoms with Crippen LogP contribution < -0.4 is 10.1 Å². The quantitative estimate of drug-likeness (QED) is 0.899. The molecule has 0 radical (unpaired) electrons. The van der Waals surface area contributed by atoms with Crippen LogP contribution in [0.2, 0.25) is 0 Å². The number of methoxy groups -OCH3 is 1. The average molecular weight is 262 g/mol. The van der Waals surface area contributed by atoms with E-state index < -0.39 is 0 Å². The number of carbonyl (C=O) groups is 1. The predicted molar refractivity (Wildman–Crippen MR) is 75.5 cm³/mol. The molecule has 1 heterocycles. The van der Waals surface area contributed by atoms with Gasteiger partial charge in [-0.15, -0.1) is 0 Å². The van der Waals surface area contributed by atoms with Gasteiger partial charge in [0.05, 0.1) is 7.11 Å². The van der Waals surface area contributed by atoms with Crippen molar-refractivity contribution < 1.29 is 9.53 Å². The van der Waals surface area contributed by atoms with Gasteiger partial charge in [-0.3, -0.25) is 4.79 Å². The van der Waals surface area contributed by atoms with Crippen molar-refractivity contribution in [2.75, 3.05) is 33.8 Å². The van der Waals surface area contributed by atoms with Gasteiger partial charge < -0.3 is 15.0 Å². The second-order valence-electron chi connectivity index (χ2n) is 5.19. The molecule has 0 atom stereocenters. The summed E-state index contributed by atoms with van der Waals surface area (Å²) < 4.78 is 5.13. The molecule has 19 heavy (non-hydrogen) atoms. The summed E-state index contributed by atoms with van der Waals surface area (Å²) in [4.78, 5) is 14.4. The summed E-state index contributed by atoms with van der Waals surface area (Å²) in [6, 6.07) is 7.26. The second-order valence-corrected chi connectivity index (χ2v) is 5.19. The molecular formula is C15H22N2O2. The molecule has 1 fully saturated rings. The van der Waals surface area contributed by atoms with Crippen molar-refractivity contribution in [1.29, 1.82) is 0 Å². The predicted octanol–water partition coefficient (Wildman–Crippen LogP) is 1.77. The van der Waals surface area contributed by atoms with Gasteiger partial charge in [0, 0.05) is 12.1 Å². The van der Waals surface area contributed by atoms with E-state index in [1.165, 1.54) is 0 Å². The number of nitrogens with zero attached hydrogens (tertiary/aromatic N) is 1. The fourth-order valence-electron chi connectivity index (χ4n) is 2.37. The van der Waals surface area contributed by atoms with Gasteiger partial charge in [0.25, 0.3) is 5.91 Å². The van der Waals surface area contributed by atoms with Crippen molar-refractivity contribution >= 4 is 5.91 Å². The summed E-state index contributed by atoms with van der Waals surface area (Å²) in [5, 5.41) is 3.02. The van der Waals surface area contributed by atoms with Crippen molar-refractivity contribution in [2.45, 2.75) is 12.8 Å². The van der Waals surface area contributed by atoms with E-state index in [1.54, 1.807) is 13.2 Å². The van der Waals surface area contributed by atoms with Crippen LogP contribution in [0.25, 0.3) is 0 Å². The largest absolute Gasteiger partial charge is 0.497 e. The monoisotopic (exact) mass is 262 g/mol. The van der Waals surface area contributed by atoms with E-state index in [-0.39, 0.29) is 5.91 Å². The Hall–Kier alpha value is -1.55. The molecule has 1 aromatic carbocycles. The molecule has 0 bridgehead atoms. The van der Waals surface area contributed by atoms with Crippen LogP contribution >= 0.6 is 0 Å². The maximum atomic E-state index is 12.0. The smallest absolute Gasteiger partial charge is 0.251 e. The Morgan fingerprint density at radius 2 is 2.16 bits per heavy atom. The van der Waals surface area contributed by atoms with Crippen molar-refractivity contribution in [3.05, 3.63) is 29.8 Å². The minimum Gasteiger partial charge on any atom is -0.497 e. The number of hydrogen-bond donors (Lipinski definition) is 1. The Morgan fingerprint density at radius 3 is 2.84 bits per heavy atom. The van der Waals surface area contributed by atoms with E-state index in [0.717, 1.165) is 32.5 Å². The Bertz CT molecular complexity index is 426. The molecule has 0 saturated carbocycles. The van der Waals surface area contributed by atoms with E-state index in [1.807, 2.05) is 18.2 Å². The van der Waals surface area contributed by atoms with Crippen molar-refractivity contribution in [1.82, 2.24) is 10.2 Å². The van der Waals surface area contributed by atoms with E-state index in [0.29, 0.717) is 17.2 Å². The van der Waals surface area contributed by atoms with Gasteiger partial charge in [-0.1, -0.05) is 6.07 Å². The highest BCUT2D eigenvalue weighted by Crippen LogP contribution is 2.16. The molecule has 1 saturated heterocycles. The number of amides is 1. The summed E-state index contributed by atoms with van der Waals surface area (Å²) in [5.41, 5.74) is 0.660. The average Bonchev–Trinajstić information content (AvgIpc) is 2.46. The molecule has 1 amide bonds. The van der Waals surface area contributed by atoms with Gasteiger partial charge in [-0.05, 0) is 57.1 Å². The first-order valence-corrected chi connectivity index (χ1v) is 6.80. The highest BCUT2D eigenvalue weighted by Gasteiger charge is 2.17. The molecular weight excluding hydrogens is 240 g/mol. The van der Waals surface area contributed by atoms with Crippen molar-refractivity contribution in [3.63, 3.8) is 0 Å². The third-order valence-electron chi connectivity index (χ3n) is 3.72. The third-order valence-corrected chi connectivity index (χ3v) is 3.72. The Balaban J connectivity index is 1.83. The number of nitrogens with one attached hydrogen (secondary N) is 1. The molecule has 0 unspecified atom stereocenters. The number of rotatable bonds is 4. The topological polar surface area (TPSA) is 41.6 Å². The first-order valence-electron chi connectivity index (χ1n) is 6.80. The van der Waals surface area contributed by atoms with Crippen LogP contribution in [0.4, 0.5) is 0 Å². The van der Waals surface area contributed by atoms with Crippen LogP contribution in [0, 0.1) is 5.92 Å². The van der Waals surface area contributed by atoms with Crippen molar-refractivity contribution in [2.24, 2.45) is 5.92 Å². The Labute approximate surface area is 114 Å². The summed E-state index contributed by atoms with van der Waals surface area (Å²) in [6.45, 7) is 3.02. The van der Waals surface area contributed by atoms with Gasteiger partial charge >= 0.3 is 0 Å². The van der Waals surface area contributed by atoms with E-state index in [4.69, 9.17) is 4.74 Å². The van der Waals surface area contributed by atoms with Gasteiger partial charge in [0.2, 0.25) is 0 Å². The maximum Gasteiger partial charge on any atom is 0.251 e. The van der Waals surface area contributed by atoms with Gasteiger partial charge in [0.15, 0.2) is 0 Å². The fourth-order valence-corrected chi connectivity index (χ4v) is 2.37. The Morgan fingerprint density at radius 1 is 1.42 bits per heavy atom. The molecule has 0 aromatic heterocycles. The standard InChI is InChI=1S/C15H22N2O2/c1-17-8-6-12(7-9-17)11-16-15(18)13-4-3-5-14(10-13)19-2/h3-5,10,12H,6-9,11H2,1-2H3,(H,16,18). The lowest BCUT2D eigenvalue weighted by atomic mass is 9.97. The summed E-state index contributed by atoms with van der Waals surface area (Å²) >= 11 is 0. The van der Waals surface area contributed by atoms with Crippen LogP contribution in [0.3, 0.4) is 0 Å². The zero-order valence-electron chi connectivity index (χ0n) is 11.7. The number of carbonyl (C=O) groups excluding carboxylic acids is 1. The zero-order valence-corrected chi connectivity index (χ0v) is 11.7. The van der Waals surface area contributed by atoms with Crippen molar-refractivity contribution in [3.8, 4) is 5.75 Å². The van der Waals surface area contributed by atoms with Gasteiger partial charge in [-0.25, -0.2) is 0 Å². The molecule has 0 spiro atoms. The molecule has 1 aliphatic heterocycles. The number of likely N-dealkylation sites (tertiary alicyclic amines) is 1. The van der Waals surface area contributed by atoms with E-state index in [9.17, 15) is 4.79 Å². The summed E-state index contributed by atoms with van der Waals surface area (Å²) in [6.07, 6.45) is 2.32. The first kappa shape index (κ1) is 13.9. The molecule has 1 N–H and O–H groups in total. The minimum absolute atomic E-state index is 0.0159. The second kappa shape index (κ2) is 6.57. The minimum atomic E-state index is -0.0159. The van der Waals surface area contributed by atoms with E-state index >= 15 is 0 Å². The van der Waals surface area contributed by atoms with Crippen LogP contribution in [-0.4, -0.2) is 44.6 Å². The lowest BCUT2D eigenvalue weighted by molar-refractivity contribution is 0.0938. The molecule has 4 heteroatoms. The number of benzene rings is 1. The molecule has 104 valence electrons. The maximum absolute atomic E-state index is 12.0. The zero-order chi connectivity index (χ0) is 13.7. The highest BCUT2D eigenvalue weighted by atomic mass is 16.5. The molecule has 1 aliphatic rings. The molecule has 0 aliphatic carbocycles. The highest BCUT2D eigenvalue weighted by molar-refractivity contribution is 5.94. The van der Waals surface area contributed by atoms with Gasteiger partial charge in [0.1, 0.15) is 5.75 Å². The third kappa shape index (κ3) is 3.96. The summed E-state index contributed by atoms with van der Waals surface area (Å²) in [7, 11) is 3.75. The molecule has 4 nitrogen and oxygen atoms in total. The van der Waals surface area contributed by atoms with Gasteiger partial charge in [-0.2, -0.15) is 0 Å². The lowest BCUT2D eigenvalue weighted by Gasteiger charge is -2.28. The SMILES string of the molecule is COc1cccc(C(=O)NCC2CCN(C)CC2)c1. The number of piperidine rings is 1. The molecule has 2 rings (SSSR count). The summed E-state index contributed by atoms with van der Waals surface area (Å²) in [5.74, 6) is 1.30. The number of hydrogen-bond acceptors (Lipinski definition) is 3. The number of ether oxygens (including phenoxy) is 1. The Kier molecular flexibility index (Phi) is 4.80. The van der Waals surface area contributed by atoms with Crippen LogP contribution in [0.15, 0.2) is 24.3 Å². The fraction of sp³-hybridized carbons (Fsp3) is 0.533. The van der Waals surface area contributed by atoms with Crippen LogP contribution in [0.1, 0.15) is 23.2 Å².